The van der Waals surface area contributed by atoms with E-state index in [9.17, 15) is 9.59 Å². The Morgan fingerprint density at radius 3 is 1.74 bits per heavy atom. The van der Waals surface area contributed by atoms with Crippen LogP contribution in [0.4, 0.5) is 0 Å². The number of carbonyl (C=O) groups is 2. The normalized spacial score (nSPS) is 10.5. The molecule has 0 aromatic rings. The highest BCUT2D eigenvalue weighted by Crippen LogP contribution is 2.11. The summed E-state index contributed by atoms with van der Waals surface area (Å²) in [5.74, 6) is -0.516. The first kappa shape index (κ1) is 18.2. The fraction of sp³-hybridized carbons (Fsp3) is 0.857. The zero-order chi connectivity index (χ0) is 14.5. The van der Waals surface area contributed by atoms with Gasteiger partial charge in [-0.3, -0.25) is 9.59 Å². The Kier molecular flexibility index (Phi) is 11.7. The lowest BCUT2D eigenvalue weighted by Gasteiger charge is -2.15. The molecule has 0 aliphatic heterocycles. The van der Waals surface area contributed by atoms with Gasteiger partial charge in [0.2, 0.25) is 0 Å². The Morgan fingerprint density at radius 2 is 1.26 bits per heavy atom. The lowest BCUT2D eigenvalue weighted by atomic mass is 10.1. The van der Waals surface area contributed by atoms with E-state index in [1.165, 1.54) is 25.7 Å². The second kappa shape index (κ2) is 12.2. The van der Waals surface area contributed by atoms with Gasteiger partial charge < -0.3 is 8.85 Å². The van der Waals surface area contributed by atoms with Crippen LogP contribution in [0.3, 0.4) is 0 Å². The molecule has 0 spiro atoms. The number of hydrogen-bond acceptors (Lipinski definition) is 4. The van der Waals surface area contributed by atoms with Gasteiger partial charge in [-0.2, -0.15) is 0 Å². The van der Waals surface area contributed by atoms with Gasteiger partial charge in [0.15, 0.2) is 0 Å². The molecule has 0 aliphatic carbocycles. The van der Waals surface area contributed by atoms with E-state index in [0.717, 1.165) is 18.9 Å². The summed E-state index contributed by atoms with van der Waals surface area (Å²) in [5, 5.41) is 0. The Hall–Kier alpha value is -0.843. The van der Waals surface area contributed by atoms with Crippen molar-refractivity contribution >= 4 is 21.2 Å². The molecule has 0 fully saturated rings. The maximum atomic E-state index is 11.3. The van der Waals surface area contributed by atoms with Crippen molar-refractivity contribution in [2.45, 2.75) is 78.2 Å². The summed E-state index contributed by atoms with van der Waals surface area (Å²) in [7, 11) is -2.14. The standard InChI is InChI=1S/C14H28O4Si/c1-4-7-8-9-10-11-12-19(17-13(15)5-2)18-14(16)6-3/h19H,4-12H2,1-3H3. The molecule has 0 rings (SSSR count). The highest BCUT2D eigenvalue weighted by atomic mass is 28.3. The topological polar surface area (TPSA) is 52.6 Å². The molecule has 0 amide bonds. The van der Waals surface area contributed by atoms with Gasteiger partial charge in [0, 0.05) is 18.9 Å². The Morgan fingerprint density at radius 1 is 0.789 bits per heavy atom. The SMILES string of the molecule is CCCCCCCC[SiH](OC(=O)CC)OC(=O)CC. The van der Waals surface area contributed by atoms with Gasteiger partial charge in [-0.05, 0) is 6.42 Å². The van der Waals surface area contributed by atoms with Crippen molar-refractivity contribution in [2.24, 2.45) is 0 Å². The fourth-order valence-electron chi connectivity index (χ4n) is 1.69. The van der Waals surface area contributed by atoms with Gasteiger partial charge >= 0.3 is 9.28 Å². The molecule has 0 aromatic heterocycles. The van der Waals surface area contributed by atoms with E-state index >= 15 is 0 Å². The molecule has 112 valence electrons. The second-order valence-corrected chi connectivity index (χ2v) is 6.58. The molecule has 19 heavy (non-hydrogen) atoms. The lowest BCUT2D eigenvalue weighted by molar-refractivity contribution is -0.140. The predicted octanol–water partition coefficient (Wildman–Crippen LogP) is 3.47. The number of unbranched alkanes of at least 4 members (excludes halogenated alkanes) is 5. The smallest absolute Gasteiger partial charge is 0.448 e. The quantitative estimate of drug-likeness (QED) is 0.431. The van der Waals surface area contributed by atoms with Gasteiger partial charge in [-0.25, -0.2) is 0 Å². The number of carbonyl (C=O) groups excluding carboxylic acids is 2. The van der Waals surface area contributed by atoms with E-state index in [2.05, 4.69) is 6.92 Å². The molecule has 0 unspecified atom stereocenters. The maximum Gasteiger partial charge on any atom is 0.448 e. The van der Waals surface area contributed by atoms with Crippen LogP contribution in [0, 0.1) is 0 Å². The third kappa shape index (κ3) is 10.7. The molecule has 5 heteroatoms. The zero-order valence-electron chi connectivity index (χ0n) is 12.6. The molecule has 0 aliphatic rings. The van der Waals surface area contributed by atoms with E-state index in [1.54, 1.807) is 13.8 Å². The third-order valence-corrected chi connectivity index (χ3v) is 4.83. The molecule has 0 saturated carbocycles. The molecule has 0 radical (unpaired) electrons. The largest absolute Gasteiger partial charge is 0.487 e. The highest BCUT2D eigenvalue weighted by molar-refractivity contribution is 6.48. The average molecular weight is 288 g/mol. The Bertz CT molecular complexity index is 238. The van der Waals surface area contributed by atoms with Crippen molar-refractivity contribution in [1.82, 2.24) is 0 Å². The molecular weight excluding hydrogens is 260 g/mol. The highest BCUT2D eigenvalue weighted by Gasteiger charge is 2.21. The number of rotatable bonds is 11. The van der Waals surface area contributed by atoms with Crippen LogP contribution in [-0.2, 0) is 18.4 Å². The van der Waals surface area contributed by atoms with Crippen molar-refractivity contribution in [3.63, 3.8) is 0 Å². The molecule has 0 atom stereocenters. The minimum Gasteiger partial charge on any atom is -0.487 e. The first-order chi connectivity index (χ1) is 9.13. The first-order valence-electron chi connectivity index (χ1n) is 7.52. The van der Waals surface area contributed by atoms with E-state index in [4.69, 9.17) is 8.85 Å². The summed E-state index contributed by atoms with van der Waals surface area (Å²) >= 11 is 0. The minimum atomic E-state index is -2.14. The number of hydrogen-bond donors (Lipinski definition) is 0. The Balaban J connectivity index is 3.90. The first-order valence-corrected chi connectivity index (χ1v) is 9.28. The summed E-state index contributed by atoms with van der Waals surface area (Å²) < 4.78 is 10.5. The molecule has 0 heterocycles. The molecule has 0 N–H and O–H groups in total. The van der Waals surface area contributed by atoms with E-state index in [1.807, 2.05) is 0 Å². The van der Waals surface area contributed by atoms with Crippen LogP contribution in [0.5, 0.6) is 0 Å². The van der Waals surface area contributed by atoms with Crippen molar-refractivity contribution in [2.75, 3.05) is 0 Å². The molecular formula is C14H28O4Si. The average Bonchev–Trinajstić information content (AvgIpc) is 2.41. The fourth-order valence-corrected chi connectivity index (χ4v) is 3.52. The van der Waals surface area contributed by atoms with Crippen LogP contribution in [0.15, 0.2) is 0 Å². The van der Waals surface area contributed by atoms with Gasteiger partial charge in [0.1, 0.15) is 0 Å². The Labute approximate surface area is 118 Å². The van der Waals surface area contributed by atoms with Crippen LogP contribution in [0.2, 0.25) is 6.04 Å². The van der Waals surface area contributed by atoms with E-state index in [-0.39, 0.29) is 11.9 Å². The molecule has 0 saturated heterocycles. The minimum absolute atomic E-state index is 0.258. The van der Waals surface area contributed by atoms with Crippen LogP contribution >= 0.6 is 0 Å². The second-order valence-electron chi connectivity index (χ2n) is 4.67. The summed E-state index contributed by atoms with van der Waals surface area (Å²) in [4.78, 5) is 22.6. The summed E-state index contributed by atoms with van der Waals surface area (Å²) in [6, 6.07) is 0.740. The third-order valence-electron chi connectivity index (χ3n) is 2.90. The zero-order valence-corrected chi connectivity index (χ0v) is 13.7. The van der Waals surface area contributed by atoms with Crippen molar-refractivity contribution in [3.8, 4) is 0 Å². The molecule has 4 nitrogen and oxygen atoms in total. The summed E-state index contributed by atoms with van der Waals surface area (Å²) in [6.45, 7) is 5.69. The van der Waals surface area contributed by atoms with Crippen LogP contribution in [-0.4, -0.2) is 21.2 Å². The molecule has 0 aromatic carbocycles. The van der Waals surface area contributed by atoms with Crippen LogP contribution < -0.4 is 0 Å². The van der Waals surface area contributed by atoms with Gasteiger partial charge in [-0.1, -0.05) is 52.9 Å². The van der Waals surface area contributed by atoms with Gasteiger partial charge in [0.05, 0.1) is 0 Å². The van der Waals surface area contributed by atoms with Crippen molar-refractivity contribution < 1.29 is 18.4 Å². The van der Waals surface area contributed by atoms with E-state index < -0.39 is 9.28 Å². The lowest BCUT2D eigenvalue weighted by Crippen LogP contribution is -2.28. The van der Waals surface area contributed by atoms with Crippen molar-refractivity contribution in [1.29, 1.82) is 0 Å². The predicted molar refractivity (Wildman–Crippen MR) is 78.1 cm³/mol. The molecule has 0 bridgehead atoms. The van der Waals surface area contributed by atoms with Crippen LogP contribution in [0.25, 0.3) is 0 Å². The van der Waals surface area contributed by atoms with Crippen molar-refractivity contribution in [3.05, 3.63) is 0 Å². The van der Waals surface area contributed by atoms with Crippen LogP contribution in [0.1, 0.15) is 72.1 Å². The van der Waals surface area contributed by atoms with Gasteiger partial charge in [-0.15, -0.1) is 0 Å². The summed E-state index contributed by atoms with van der Waals surface area (Å²) in [6.07, 6.45) is 7.75. The van der Waals surface area contributed by atoms with E-state index in [0.29, 0.717) is 12.8 Å². The monoisotopic (exact) mass is 288 g/mol. The maximum absolute atomic E-state index is 11.3. The summed E-state index contributed by atoms with van der Waals surface area (Å²) in [5.41, 5.74) is 0. The van der Waals surface area contributed by atoms with Gasteiger partial charge in [0.25, 0.3) is 11.9 Å².